The van der Waals surface area contributed by atoms with E-state index < -0.39 is 14.9 Å². The van der Waals surface area contributed by atoms with E-state index in [1.807, 2.05) is 0 Å². The van der Waals surface area contributed by atoms with E-state index in [1.165, 1.54) is 12.1 Å². The quantitative estimate of drug-likeness (QED) is 0.489. The molecule has 0 radical (unpaired) electrons. The molecule has 6 nitrogen and oxygen atoms in total. The molecule has 0 heterocycles. The molecule has 0 aromatic heterocycles. The van der Waals surface area contributed by atoms with Crippen molar-refractivity contribution in [3.05, 3.63) is 33.9 Å². The fourth-order valence-electron chi connectivity index (χ4n) is 1.21. The second kappa shape index (κ2) is 4.95. The highest BCUT2D eigenvalue weighted by atomic mass is 32.2. The van der Waals surface area contributed by atoms with Gasteiger partial charge >= 0.3 is 0 Å². The van der Waals surface area contributed by atoms with E-state index in [0.717, 1.165) is 6.07 Å². The Bertz CT molecular complexity index is 587. The average Bonchev–Trinajstić information content (AvgIpc) is 2.26. The molecule has 0 unspecified atom stereocenters. The van der Waals surface area contributed by atoms with Gasteiger partial charge in [0.2, 0.25) is 10.0 Å². The molecule has 0 atom stereocenters. The molecule has 0 saturated carbocycles. The van der Waals surface area contributed by atoms with Crippen LogP contribution in [0.25, 0.3) is 0 Å². The number of terminal acetylenes is 1. The molecule has 90 valence electrons. The predicted molar refractivity (Wildman–Crippen MR) is 61.9 cm³/mol. The molecule has 0 fully saturated rings. The molecule has 0 bridgehead atoms. The minimum atomic E-state index is -3.81. The molecule has 0 aliphatic carbocycles. The zero-order valence-corrected chi connectivity index (χ0v) is 9.82. The lowest BCUT2D eigenvalue weighted by Crippen LogP contribution is -2.24. The number of hydrogen-bond donors (Lipinski definition) is 1. The Hall–Kier alpha value is -1.91. The maximum absolute atomic E-state index is 11.8. The standard InChI is InChI=1S/C10H10N2O4S/c1-3-6-11-17(15,16)10-7-9(12(13)14)5-4-8(10)2/h1,4-5,7,11H,6H2,2H3. The van der Waals surface area contributed by atoms with Crippen LogP contribution in [0.1, 0.15) is 5.56 Å². The minimum Gasteiger partial charge on any atom is -0.258 e. The number of nitrogens with one attached hydrogen (secondary N) is 1. The molecule has 1 N–H and O–H groups in total. The van der Waals surface area contributed by atoms with Gasteiger partial charge in [-0.25, -0.2) is 8.42 Å². The van der Waals surface area contributed by atoms with Gasteiger partial charge in [0.25, 0.3) is 5.69 Å². The van der Waals surface area contributed by atoms with Gasteiger partial charge < -0.3 is 0 Å². The fraction of sp³-hybridized carbons (Fsp3) is 0.200. The molecule has 0 aliphatic rings. The summed E-state index contributed by atoms with van der Waals surface area (Å²) in [5.74, 6) is 2.13. The second-order valence-corrected chi connectivity index (χ2v) is 4.97. The zero-order chi connectivity index (χ0) is 13.1. The van der Waals surface area contributed by atoms with Crippen molar-refractivity contribution in [2.75, 3.05) is 6.54 Å². The van der Waals surface area contributed by atoms with Crippen LogP contribution in [0.2, 0.25) is 0 Å². The third kappa shape index (κ3) is 3.03. The van der Waals surface area contributed by atoms with Crippen molar-refractivity contribution in [2.24, 2.45) is 0 Å². The van der Waals surface area contributed by atoms with Crippen LogP contribution in [-0.2, 0) is 10.0 Å². The van der Waals surface area contributed by atoms with E-state index >= 15 is 0 Å². The van der Waals surface area contributed by atoms with Crippen molar-refractivity contribution in [2.45, 2.75) is 11.8 Å². The Labute approximate surface area is 98.9 Å². The summed E-state index contributed by atoms with van der Waals surface area (Å²) in [5, 5.41) is 10.6. The van der Waals surface area contributed by atoms with Crippen molar-refractivity contribution in [1.82, 2.24) is 4.72 Å². The first-order valence-electron chi connectivity index (χ1n) is 4.56. The number of aryl methyl sites for hydroxylation is 1. The molecule has 0 saturated heterocycles. The predicted octanol–water partition coefficient (Wildman–Crippen LogP) is 0.815. The van der Waals surface area contributed by atoms with Gasteiger partial charge in [-0.15, -0.1) is 6.42 Å². The van der Waals surface area contributed by atoms with E-state index in [-0.39, 0.29) is 17.1 Å². The molecule has 1 rings (SSSR count). The second-order valence-electron chi connectivity index (χ2n) is 3.24. The van der Waals surface area contributed by atoms with Crippen LogP contribution in [0.4, 0.5) is 5.69 Å². The third-order valence-electron chi connectivity index (χ3n) is 2.04. The molecule has 0 aliphatic heterocycles. The smallest absolute Gasteiger partial charge is 0.258 e. The molecule has 17 heavy (non-hydrogen) atoms. The summed E-state index contributed by atoms with van der Waals surface area (Å²) < 4.78 is 25.7. The normalized spacial score (nSPS) is 10.8. The highest BCUT2D eigenvalue weighted by Crippen LogP contribution is 2.21. The van der Waals surface area contributed by atoms with Gasteiger partial charge in [0.15, 0.2) is 0 Å². The maximum Gasteiger partial charge on any atom is 0.270 e. The first-order valence-corrected chi connectivity index (χ1v) is 6.05. The fourth-order valence-corrected chi connectivity index (χ4v) is 2.40. The van der Waals surface area contributed by atoms with Gasteiger partial charge in [0.1, 0.15) is 0 Å². The van der Waals surface area contributed by atoms with Crippen molar-refractivity contribution in [3.8, 4) is 12.3 Å². The molecule has 7 heteroatoms. The summed E-state index contributed by atoms with van der Waals surface area (Å²) in [6.07, 6.45) is 4.94. The van der Waals surface area contributed by atoms with Gasteiger partial charge in [0.05, 0.1) is 16.4 Å². The molecular weight excluding hydrogens is 244 g/mol. The largest absolute Gasteiger partial charge is 0.270 e. The van der Waals surface area contributed by atoms with Crippen molar-refractivity contribution < 1.29 is 13.3 Å². The van der Waals surface area contributed by atoms with E-state index in [1.54, 1.807) is 6.92 Å². The number of nitro benzene ring substituents is 1. The van der Waals surface area contributed by atoms with Crippen molar-refractivity contribution >= 4 is 15.7 Å². The summed E-state index contributed by atoms with van der Waals surface area (Å²) in [7, 11) is -3.81. The van der Waals surface area contributed by atoms with Crippen LogP contribution in [0.3, 0.4) is 0 Å². The zero-order valence-electron chi connectivity index (χ0n) is 9.00. The van der Waals surface area contributed by atoms with Gasteiger partial charge in [-0.1, -0.05) is 12.0 Å². The number of nitrogens with zero attached hydrogens (tertiary/aromatic N) is 1. The van der Waals surface area contributed by atoms with Crippen LogP contribution in [-0.4, -0.2) is 19.9 Å². The Morgan fingerprint density at radius 1 is 1.53 bits per heavy atom. The number of non-ortho nitro benzene ring substituents is 1. The van der Waals surface area contributed by atoms with Gasteiger partial charge in [-0.05, 0) is 12.5 Å². The monoisotopic (exact) mass is 254 g/mol. The maximum atomic E-state index is 11.8. The number of hydrogen-bond acceptors (Lipinski definition) is 4. The lowest BCUT2D eigenvalue weighted by atomic mass is 10.2. The lowest BCUT2D eigenvalue weighted by Gasteiger charge is -2.06. The third-order valence-corrected chi connectivity index (χ3v) is 3.58. The van der Waals surface area contributed by atoms with E-state index in [0.29, 0.717) is 5.56 Å². The SMILES string of the molecule is C#CCNS(=O)(=O)c1cc([N+](=O)[O-])ccc1C. The summed E-state index contributed by atoms with van der Waals surface area (Å²) in [6, 6.07) is 3.63. The Kier molecular flexibility index (Phi) is 3.83. The first-order chi connectivity index (χ1) is 7.88. The Morgan fingerprint density at radius 2 is 2.18 bits per heavy atom. The van der Waals surface area contributed by atoms with Gasteiger partial charge in [0, 0.05) is 12.1 Å². The van der Waals surface area contributed by atoms with E-state index in [2.05, 4.69) is 10.6 Å². The van der Waals surface area contributed by atoms with E-state index in [9.17, 15) is 18.5 Å². The average molecular weight is 254 g/mol. The van der Waals surface area contributed by atoms with Crippen molar-refractivity contribution in [1.29, 1.82) is 0 Å². The molecule has 0 amide bonds. The van der Waals surface area contributed by atoms with Gasteiger partial charge in [-0.2, -0.15) is 4.72 Å². The minimum absolute atomic E-state index is 0.137. The first kappa shape index (κ1) is 13.2. The number of sulfonamides is 1. The summed E-state index contributed by atoms with van der Waals surface area (Å²) in [6.45, 7) is 1.39. The molecule has 0 spiro atoms. The van der Waals surface area contributed by atoms with Crippen LogP contribution in [0.15, 0.2) is 23.1 Å². The molecule has 1 aromatic carbocycles. The van der Waals surface area contributed by atoms with Gasteiger partial charge in [-0.3, -0.25) is 10.1 Å². The van der Waals surface area contributed by atoms with Crippen LogP contribution in [0, 0.1) is 29.4 Å². The Morgan fingerprint density at radius 3 is 2.71 bits per heavy atom. The lowest BCUT2D eigenvalue weighted by molar-refractivity contribution is -0.385. The summed E-state index contributed by atoms with van der Waals surface area (Å²) in [5.41, 5.74) is 0.136. The summed E-state index contributed by atoms with van der Waals surface area (Å²) in [4.78, 5) is 9.77. The van der Waals surface area contributed by atoms with Crippen LogP contribution in [0.5, 0.6) is 0 Å². The van der Waals surface area contributed by atoms with Crippen LogP contribution < -0.4 is 4.72 Å². The molecule has 1 aromatic rings. The van der Waals surface area contributed by atoms with Crippen molar-refractivity contribution in [3.63, 3.8) is 0 Å². The number of rotatable bonds is 4. The van der Waals surface area contributed by atoms with Crippen LogP contribution >= 0.6 is 0 Å². The number of nitro groups is 1. The molecular formula is C10H10N2O4S. The highest BCUT2D eigenvalue weighted by molar-refractivity contribution is 7.89. The Balaban J connectivity index is 3.26. The van der Waals surface area contributed by atoms with E-state index in [4.69, 9.17) is 6.42 Å². The summed E-state index contributed by atoms with van der Waals surface area (Å²) >= 11 is 0. The topological polar surface area (TPSA) is 89.3 Å². The highest BCUT2D eigenvalue weighted by Gasteiger charge is 2.19. The number of benzene rings is 1.